The number of rotatable bonds is 9. The van der Waals surface area contributed by atoms with E-state index in [0.717, 1.165) is 21.7 Å². The molecule has 0 atom stereocenters. The highest BCUT2D eigenvalue weighted by atomic mass is 35.5. The van der Waals surface area contributed by atoms with Crippen LogP contribution in [0.3, 0.4) is 0 Å². The Labute approximate surface area is 253 Å². The third-order valence-electron chi connectivity index (χ3n) is 6.18. The van der Waals surface area contributed by atoms with Crippen molar-refractivity contribution in [2.24, 2.45) is 0 Å². The first-order chi connectivity index (χ1) is 19.7. The van der Waals surface area contributed by atoms with Gasteiger partial charge in [0.15, 0.2) is 0 Å². The molecule has 0 saturated heterocycles. The largest absolute Gasteiger partial charge is 0.325 e. The summed E-state index contributed by atoms with van der Waals surface area (Å²) in [6, 6.07) is 26.4. The van der Waals surface area contributed by atoms with Crippen molar-refractivity contribution >= 4 is 70.1 Å². The van der Waals surface area contributed by atoms with Crippen molar-refractivity contribution in [1.82, 2.24) is 5.32 Å². The van der Waals surface area contributed by atoms with Gasteiger partial charge >= 0.3 is 0 Å². The maximum atomic E-state index is 13.3. The zero-order valence-corrected chi connectivity index (χ0v) is 24.7. The molecular weight excluding hydrogens is 577 g/mol. The number of halogens is 2. The number of nitrogens with one attached hydrogen (secondary N) is 3. The van der Waals surface area contributed by atoms with Crippen molar-refractivity contribution in [3.63, 3.8) is 0 Å². The fraction of sp³-hybridized carbons (Fsp3) is 0.0938. The molecule has 0 saturated carbocycles. The van der Waals surface area contributed by atoms with E-state index in [2.05, 4.69) is 16.0 Å². The minimum atomic E-state index is -0.557. The maximum Gasteiger partial charge on any atom is 0.272 e. The monoisotopic (exact) mass is 603 g/mol. The maximum absolute atomic E-state index is 13.3. The molecule has 9 heteroatoms. The summed E-state index contributed by atoms with van der Waals surface area (Å²) < 4.78 is 0. The molecule has 0 spiro atoms. The fourth-order valence-electron chi connectivity index (χ4n) is 3.79. The normalized spacial score (nSPS) is 11.1. The van der Waals surface area contributed by atoms with E-state index < -0.39 is 11.8 Å². The molecular formula is C32H27Cl2N3O3S. The van der Waals surface area contributed by atoms with Gasteiger partial charge in [0.1, 0.15) is 5.70 Å². The Bertz CT molecular complexity index is 1590. The number of anilines is 2. The van der Waals surface area contributed by atoms with Gasteiger partial charge in [0.05, 0.1) is 5.75 Å². The van der Waals surface area contributed by atoms with Gasteiger partial charge in [-0.3, -0.25) is 14.4 Å². The van der Waals surface area contributed by atoms with Gasteiger partial charge in [0, 0.05) is 37.4 Å². The minimum absolute atomic E-state index is 0.0320. The van der Waals surface area contributed by atoms with Crippen molar-refractivity contribution < 1.29 is 14.4 Å². The molecule has 208 valence electrons. The molecule has 0 fully saturated rings. The van der Waals surface area contributed by atoms with Crippen LogP contribution in [0.15, 0.2) is 102 Å². The Hall–Kier alpha value is -4.04. The Morgan fingerprint density at radius 2 is 1.44 bits per heavy atom. The van der Waals surface area contributed by atoms with Gasteiger partial charge < -0.3 is 16.0 Å². The summed E-state index contributed by atoms with van der Waals surface area (Å²) in [6.45, 7) is 3.98. The summed E-state index contributed by atoms with van der Waals surface area (Å²) in [7, 11) is 0. The van der Waals surface area contributed by atoms with Crippen molar-refractivity contribution in [3.8, 4) is 0 Å². The molecule has 6 nitrogen and oxygen atoms in total. The Balaban J connectivity index is 1.44. The van der Waals surface area contributed by atoms with E-state index in [4.69, 9.17) is 23.2 Å². The van der Waals surface area contributed by atoms with Crippen LogP contribution in [0, 0.1) is 13.8 Å². The Kier molecular flexibility index (Phi) is 10.2. The second-order valence-electron chi connectivity index (χ2n) is 9.08. The standard InChI is InChI=1S/C32H27Cl2N3O3S/c1-20-8-6-13-28(21(20)2)36-30(38)19-41-24-16-14-23(15-17-24)35-32(40)29(18-25-26(33)11-7-12-27(25)34)37-31(39)22-9-4-3-5-10-22/h3-18H,19H2,1-2H3,(H,35,40)(H,36,38)(H,37,39)/b29-18-. The SMILES string of the molecule is Cc1cccc(NC(=O)CSc2ccc(NC(=O)/C(=C/c3c(Cl)cccc3Cl)NC(=O)c3ccccc3)cc2)c1C. The summed E-state index contributed by atoms with van der Waals surface area (Å²) in [4.78, 5) is 39.5. The van der Waals surface area contributed by atoms with Gasteiger partial charge in [-0.1, -0.05) is 59.6 Å². The molecule has 0 aromatic heterocycles. The number of aryl methyl sites for hydroxylation is 1. The lowest BCUT2D eigenvalue weighted by molar-refractivity contribution is -0.114. The highest BCUT2D eigenvalue weighted by molar-refractivity contribution is 8.00. The second kappa shape index (κ2) is 14.0. The lowest BCUT2D eigenvalue weighted by atomic mass is 10.1. The summed E-state index contributed by atoms with van der Waals surface area (Å²) >= 11 is 14.0. The molecule has 0 aliphatic heterocycles. The van der Waals surface area contributed by atoms with Crippen LogP contribution in [-0.2, 0) is 9.59 Å². The summed E-state index contributed by atoms with van der Waals surface area (Å²) in [5, 5.41) is 9.09. The van der Waals surface area contributed by atoms with Crippen LogP contribution in [0.5, 0.6) is 0 Å². The smallest absolute Gasteiger partial charge is 0.272 e. The van der Waals surface area contributed by atoms with E-state index >= 15 is 0 Å². The molecule has 3 amide bonds. The number of carbonyl (C=O) groups is 3. The van der Waals surface area contributed by atoms with E-state index in [1.54, 1.807) is 60.7 Å². The second-order valence-corrected chi connectivity index (χ2v) is 10.9. The predicted molar refractivity (Wildman–Crippen MR) is 169 cm³/mol. The average Bonchev–Trinajstić information content (AvgIpc) is 2.97. The topological polar surface area (TPSA) is 87.3 Å². The van der Waals surface area contributed by atoms with Gasteiger partial charge in [-0.2, -0.15) is 0 Å². The quantitative estimate of drug-likeness (QED) is 0.135. The van der Waals surface area contributed by atoms with Crippen molar-refractivity contribution in [1.29, 1.82) is 0 Å². The number of carbonyl (C=O) groups excluding carboxylic acids is 3. The van der Waals surface area contributed by atoms with Crippen LogP contribution in [0.2, 0.25) is 10.0 Å². The molecule has 0 heterocycles. The van der Waals surface area contributed by atoms with Crippen LogP contribution in [0.25, 0.3) is 6.08 Å². The van der Waals surface area contributed by atoms with Gasteiger partial charge in [-0.15, -0.1) is 11.8 Å². The highest BCUT2D eigenvalue weighted by Crippen LogP contribution is 2.27. The molecule has 0 aliphatic rings. The number of hydrogen-bond acceptors (Lipinski definition) is 4. The molecule has 0 aliphatic carbocycles. The highest BCUT2D eigenvalue weighted by Gasteiger charge is 2.17. The van der Waals surface area contributed by atoms with E-state index in [1.165, 1.54) is 17.8 Å². The molecule has 0 bridgehead atoms. The third kappa shape index (κ3) is 8.24. The van der Waals surface area contributed by atoms with E-state index in [-0.39, 0.29) is 17.4 Å². The molecule has 0 radical (unpaired) electrons. The number of amides is 3. The number of thioether (sulfide) groups is 1. The van der Waals surface area contributed by atoms with Crippen LogP contribution in [0.4, 0.5) is 11.4 Å². The summed E-state index contributed by atoms with van der Waals surface area (Å²) in [6.07, 6.45) is 1.44. The van der Waals surface area contributed by atoms with E-state index in [0.29, 0.717) is 26.9 Å². The Morgan fingerprint density at radius 1 is 0.780 bits per heavy atom. The van der Waals surface area contributed by atoms with Crippen molar-refractivity contribution in [2.45, 2.75) is 18.7 Å². The van der Waals surface area contributed by atoms with Gasteiger partial charge in [0.2, 0.25) is 5.91 Å². The van der Waals surface area contributed by atoms with Crippen LogP contribution >= 0.6 is 35.0 Å². The van der Waals surface area contributed by atoms with Gasteiger partial charge in [-0.05, 0) is 85.6 Å². The van der Waals surface area contributed by atoms with Crippen LogP contribution in [-0.4, -0.2) is 23.5 Å². The Morgan fingerprint density at radius 3 is 2.12 bits per heavy atom. The van der Waals surface area contributed by atoms with Crippen molar-refractivity contribution in [3.05, 3.63) is 129 Å². The number of benzene rings is 4. The fourth-order valence-corrected chi connectivity index (χ4v) is 4.99. The molecule has 4 aromatic carbocycles. The zero-order chi connectivity index (χ0) is 29.4. The molecule has 41 heavy (non-hydrogen) atoms. The molecule has 4 aromatic rings. The van der Waals surface area contributed by atoms with Crippen LogP contribution in [0.1, 0.15) is 27.0 Å². The van der Waals surface area contributed by atoms with Crippen LogP contribution < -0.4 is 16.0 Å². The lowest BCUT2D eigenvalue weighted by Crippen LogP contribution is -2.30. The number of hydrogen-bond donors (Lipinski definition) is 3. The van der Waals surface area contributed by atoms with Gasteiger partial charge in [0.25, 0.3) is 11.8 Å². The summed E-state index contributed by atoms with van der Waals surface area (Å²) in [5.74, 6) is -0.890. The first kappa shape index (κ1) is 29.9. The van der Waals surface area contributed by atoms with Crippen molar-refractivity contribution in [2.75, 3.05) is 16.4 Å². The zero-order valence-electron chi connectivity index (χ0n) is 22.3. The lowest BCUT2D eigenvalue weighted by Gasteiger charge is -2.13. The first-order valence-corrected chi connectivity index (χ1v) is 14.4. The minimum Gasteiger partial charge on any atom is -0.325 e. The molecule has 3 N–H and O–H groups in total. The first-order valence-electron chi connectivity index (χ1n) is 12.6. The predicted octanol–water partition coefficient (Wildman–Crippen LogP) is 7.75. The van der Waals surface area contributed by atoms with Gasteiger partial charge in [-0.25, -0.2) is 0 Å². The molecule has 0 unspecified atom stereocenters. The molecule has 4 rings (SSSR count). The van der Waals surface area contributed by atoms with E-state index in [9.17, 15) is 14.4 Å². The van der Waals surface area contributed by atoms with E-state index in [1.807, 2.05) is 44.2 Å². The average molecular weight is 605 g/mol. The third-order valence-corrected chi connectivity index (χ3v) is 7.85. The summed E-state index contributed by atoms with van der Waals surface area (Å²) in [5.41, 5.74) is 4.21.